The van der Waals surface area contributed by atoms with Crippen molar-refractivity contribution in [1.82, 2.24) is 32.1 Å². The first-order valence-corrected chi connectivity index (χ1v) is 23.1. The van der Waals surface area contributed by atoms with Gasteiger partial charge in [-0.3, -0.25) is 34.8 Å². The van der Waals surface area contributed by atoms with E-state index in [2.05, 4.69) is 32.1 Å². The van der Waals surface area contributed by atoms with Crippen molar-refractivity contribution in [3.63, 3.8) is 0 Å². The molecule has 0 aliphatic rings. The lowest BCUT2D eigenvalue weighted by Gasteiger charge is -2.17. The number of ether oxygens (including phenoxy) is 4. The second-order valence-electron chi connectivity index (χ2n) is 15.4. The van der Waals surface area contributed by atoms with Gasteiger partial charge >= 0.3 is 11.9 Å². The molecule has 11 N–H and O–H groups in total. The highest BCUT2D eigenvalue weighted by atomic mass is 16.5. The summed E-state index contributed by atoms with van der Waals surface area (Å²) in [4.78, 5) is 70.5. The molecule has 63 heavy (non-hydrogen) atoms. The van der Waals surface area contributed by atoms with Gasteiger partial charge in [-0.2, -0.15) is 0 Å². The number of carboxylic acid groups (broad SMARTS) is 2. The standard InChI is InChI=1S/C43H82N8O12/c1-2-49-51-35(42(44)45)19-17-18-24-46-39(54)33-62-31-30-61-28-26-48-40(55)34-63-32-29-60-27-25-47-37(52)23-22-36(43(58)59)50-38(53)20-15-13-11-9-7-5-3-4-6-8-10-12-14-16-21-41(56)57/h35-36,49,51H,2-34H2,1H3,(H3,44,45)(H,46,54)(H,47,52)(H,48,55)(H,50,53)(H,56,57)(H,58,59). The van der Waals surface area contributed by atoms with E-state index in [1.54, 1.807) is 0 Å². The number of carbonyl (C=O) groups excluding carboxylic acids is 4. The van der Waals surface area contributed by atoms with Gasteiger partial charge < -0.3 is 56.2 Å². The number of nitrogens with one attached hydrogen (secondary N) is 7. The first-order chi connectivity index (χ1) is 30.5. The second kappa shape index (κ2) is 43.3. The van der Waals surface area contributed by atoms with Crippen molar-refractivity contribution >= 4 is 41.4 Å². The van der Waals surface area contributed by atoms with E-state index >= 15 is 0 Å². The number of unbranched alkanes of at least 4 members (excludes halogenated alkanes) is 14. The third-order valence-corrected chi connectivity index (χ3v) is 9.76. The van der Waals surface area contributed by atoms with Gasteiger partial charge in [0.15, 0.2) is 0 Å². The SMILES string of the molecule is CCNNC(CCCCNC(=O)COCCOCCNC(=O)COCCOCCNC(=O)CCC(NC(=O)CCCCCCCCCCCCCCCCC(=O)O)C(=O)O)C(=N)N. The molecule has 0 saturated carbocycles. The summed E-state index contributed by atoms with van der Waals surface area (Å²) < 4.78 is 21.4. The fourth-order valence-electron chi connectivity index (χ4n) is 6.20. The van der Waals surface area contributed by atoms with Gasteiger partial charge in [0, 0.05) is 45.4 Å². The van der Waals surface area contributed by atoms with Gasteiger partial charge in [0.25, 0.3) is 0 Å². The van der Waals surface area contributed by atoms with E-state index < -0.39 is 18.0 Å². The van der Waals surface area contributed by atoms with Crippen molar-refractivity contribution < 1.29 is 57.9 Å². The maximum atomic E-state index is 12.3. The lowest BCUT2D eigenvalue weighted by Crippen LogP contribution is -2.47. The maximum absolute atomic E-state index is 12.3. The molecule has 0 aromatic heterocycles. The Morgan fingerprint density at radius 2 is 0.968 bits per heavy atom. The molecule has 0 aromatic carbocycles. The predicted octanol–water partition coefficient (Wildman–Crippen LogP) is 2.67. The van der Waals surface area contributed by atoms with Gasteiger partial charge in [-0.25, -0.2) is 10.2 Å². The van der Waals surface area contributed by atoms with Crippen LogP contribution >= 0.6 is 0 Å². The molecule has 0 spiro atoms. The van der Waals surface area contributed by atoms with Crippen LogP contribution < -0.4 is 37.9 Å². The molecule has 366 valence electrons. The van der Waals surface area contributed by atoms with E-state index in [4.69, 9.17) is 35.2 Å². The number of hydrogen-bond acceptors (Lipinski definition) is 13. The van der Waals surface area contributed by atoms with E-state index in [9.17, 15) is 33.9 Å². The molecule has 2 unspecified atom stereocenters. The van der Waals surface area contributed by atoms with Crippen LogP contribution in [0.25, 0.3) is 0 Å². The van der Waals surface area contributed by atoms with Crippen molar-refractivity contribution in [2.45, 2.75) is 154 Å². The number of carbonyl (C=O) groups is 6. The Balaban J connectivity index is 3.67. The summed E-state index contributed by atoms with van der Waals surface area (Å²) in [6.45, 7) is 4.72. The molecule has 2 atom stereocenters. The Morgan fingerprint density at radius 3 is 1.44 bits per heavy atom. The summed E-state index contributed by atoms with van der Waals surface area (Å²) in [6.07, 6.45) is 17.7. The Hall–Kier alpha value is -3.95. The number of carboxylic acids is 2. The highest BCUT2D eigenvalue weighted by molar-refractivity contribution is 5.84. The van der Waals surface area contributed by atoms with Crippen LogP contribution in [0.3, 0.4) is 0 Å². The highest BCUT2D eigenvalue weighted by Gasteiger charge is 2.21. The first-order valence-electron chi connectivity index (χ1n) is 23.1. The summed E-state index contributed by atoms with van der Waals surface area (Å²) in [5, 5.41) is 36.4. The summed E-state index contributed by atoms with van der Waals surface area (Å²) in [5.74, 6) is -3.06. The lowest BCUT2D eigenvalue weighted by atomic mass is 10.0. The Bertz CT molecular complexity index is 1230. The van der Waals surface area contributed by atoms with E-state index in [1.165, 1.54) is 44.9 Å². The molecule has 0 rings (SSSR count). The van der Waals surface area contributed by atoms with E-state index in [0.717, 1.165) is 51.4 Å². The summed E-state index contributed by atoms with van der Waals surface area (Å²) >= 11 is 0. The van der Waals surface area contributed by atoms with Crippen LogP contribution in [-0.4, -0.2) is 143 Å². The molecular formula is C43H82N8O12. The van der Waals surface area contributed by atoms with E-state index in [-0.39, 0.29) is 127 Å². The smallest absolute Gasteiger partial charge is 0.326 e. The van der Waals surface area contributed by atoms with Crippen LogP contribution in [-0.2, 0) is 47.7 Å². The monoisotopic (exact) mass is 903 g/mol. The van der Waals surface area contributed by atoms with Crippen LogP contribution in [0.15, 0.2) is 0 Å². The third-order valence-electron chi connectivity index (χ3n) is 9.76. The van der Waals surface area contributed by atoms with Crippen molar-refractivity contribution in [1.29, 1.82) is 5.41 Å². The molecule has 4 amide bonds. The van der Waals surface area contributed by atoms with Crippen molar-refractivity contribution in [2.24, 2.45) is 5.73 Å². The molecular weight excluding hydrogens is 821 g/mol. The topological polar surface area (TPSA) is 302 Å². The van der Waals surface area contributed by atoms with E-state index in [1.807, 2.05) is 6.92 Å². The summed E-state index contributed by atoms with van der Waals surface area (Å²) in [5.41, 5.74) is 11.5. The van der Waals surface area contributed by atoms with Crippen LogP contribution in [0.5, 0.6) is 0 Å². The molecule has 0 heterocycles. The van der Waals surface area contributed by atoms with Gasteiger partial charge in [-0.15, -0.1) is 0 Å². The maximum Gasteiger partial charge on any atom is 0.326 e. The number of amides is 4. The zero-order valence-electron chi connectivity index (χ0n) is 38.0. The van der Waals surface area contributed by atoms with Gasteiger partial charge in [0.05, 0.1) is 45.7 Å². The highest BCUT2D eigenvalue weighted by Crippen LogP contribution is 2.14. The lowest BCUT2D eigenvalue weighted by molar-refractivity contribution is -0.142. The minimum atomic E-state index is -1.18. The molecule has 0 fully saturated rings. The number of nitrogens with two attached hydrogens (primary N) is 1. The largest absolute Gasteiger partial charge is 0.481 e. The van der Waals surface area contributed by atoms with Crippen LogP contribution in [0.2, 0.25) is 0 Å². The molecule has 0 aliphatic carbocycles. The van der Waals surface area contributed by atoms with Crippen molar-refractivity contribution in [2.75, 3.05) is 79.0 Å². The van der Waals surface area contributed by atoms with Crippen LogP contribution in [0.1, 0.15) is 142 Å². The molecule has 0 bridgehead atoms. The predicted molar refractivity (Wildman–Crippen MR) is 239 cm³/mol. The average molecular weight is 903 g/mol. The summed E-state index contributed by atoms with van der Waals surface area (Å²) in [7, 11) is 0. The normalized spacial score (nSPS) is 12.0. The molecule has 20 nitrogen and oxygen atoms in total. The number of hydrazine groups is 1. The van der Waals surface area contributed by atoms with Crippen molar-refractivity contribution in [3.05, 3.63) is 0 Å². The molecule has 0 aromatic rings. The van der Waals surface area contributed by atoms with E-state index in [0.29, 0.717) is 25.9 Å². The fraction of sp³-hybridized carbons (Fsp3) is 0.837. The zero-order valence-corrected chi connectivity index (χ0v) is 38.0. The first kappa shape index (κ1) is 59.0. The molecule has 0 saturated heterocycles. The van der Waals surface area contributed by atoms with Gasteiger partial charge in [0.2, 0.25) is 23.6 Å². The van der Waals surface area contributed by atoms with Gasteiger partial charge in [-0.1, -0.05) is 84.0 Å². The Kier molecular flexibility index (Phi) is 40.6. The minimum Gasteiger partial charge on any atom is -0.481 e. The molecule has 20 heteroatoms. The molecule has 0 radical (unpaired) electrons. The second-order valence-corrected chi connectivity index (χ2v) is 15.4. The quantitative estimate of drug-likeness (QED) is 0.0182. The minimum absolute atomic E-state index is 0.0269. The van der Waals surface area contributed by atoms with Crippen LogP contribution in [0, 0.1) is 5.41 Å². The molecule has 0 aliphatic heterocycles. The zero-order chi connectivity index (χ0) is 46.6. The number of aliphatic carboxylic acids is 2. The number of amidine groups is 1. The summed E-state index contributed by atoms with van der Waals surface area (Å²) in [6, 6.07) is -1.38. The Morgan fingerprint density at radius 1 is 0.508 bits per heavy atom. The van der Waals surface area contributed by atoms with Crippen molar-refractivity contribution in [3.8, 4) is 0 Å². The Labute approximate surface area is 374 Å². The van der Waals surface area contributed by atoms with Gasteiger partial charge in [0.1, 0.15) is 25.1 Å². The number of rotatable bonds is 47. The number of hydrogen-bond donors (Lipinski definition) is 10. The fourth-order valence-corrected chi connectivity index (χ4v) is 6.20. The van der Waals surface area contributed by atoms with Crippen LogP contribution in [0.4, 0.5) is 0 Å². The van der Waals surface area contributed by atoms with Gasteiger partial charge in [-0.05, 0) is 38.5 Å². The average Bonchev–Trinajstić information content (AvgIpc) is 3.24. The third kappa shape index (κ3) is 41.8.